The van der Waals surface area contributed by atoms with Crippen molar-refractivity contribution in [3.63, 3.8) is 0 Å². The molecule has 1 unspecified atom stereocenters. The fraction of sp³-hybridized carbons (Fsp3) is 0.333. The van der Waals surface area contributed by atoms with Gasteiger partial charge in [-0.05, 0) is 31.0 Å². The SMILES string of the molecule is CC(N)Cc1cccc(OCC(Cl)=CCl)c1. The lowest BCUT2D eigenvalue weighted by atomic mass is 10.1. The summed E-state index contributed by atoms with van der Waals surface area (Å²) in [6, 6.07) is 7.94. The van der Waals surface area contributed by atoms with E-state index in [1.54, 1.807) is 0 Å². The van der Waals surface area contributed by atoms with Crippen LogP contribution < -0.4 is 10.5 Å². The average molecular weight is 260 g/mol. The van der Waals surface area contributed by atoms with E-state index < -0.39 is 0 Å². The highest BCUT2D eigenvalue weighted by Gasteiger charge is 2.01. The summed E-state index contributed by atoms with van der Waals surface area (Å²) in [4.78, 5) is 0. The van der Waals surface area contributed by atoms with Gasteiger partial charge in [-0.15, -0.1) is 0 Å². The van der Waals surface area contributed by atoms with Gasteiger partial charge in [0.2, 0.25) is 0 Å². The van der Waals surface area contributed by atoms with E-state index in [2.05, 4.69) is 0 Å². The van der Waals surface area contributed by atoms with E-state index >= 15 is 0 Å². The van der Waals surface area contributed by atoms with Crippen LogP contribution in [0, 0.1) is 0 Å². The molecule has 0 aromatic heterocycles. The van der Waals surface area contributed by atoms with E-state index in [1.165, 1.54) is 5.54 Å². The second-order valence-corrected chi connectivity index (χ2v) is 4.38. The van der Waals surface area contributed by atoms with Crippen molar-refractivity contribution < 1.29 is 4.74 Å². The summed E-state index contributed by atoms with van der Waals surface area (Å²) in [5.41, 5.74) is 8.18. The molecule has 0 radical (unpaired) electrons. The topological polar surface area (TPSA) is 35.2 Å². The molecule has 1 rings (SSSR count). The third kappa shape index (κ3) is 4.88. The van der Waals surface area contributed by atoms with Crippen LogP contribution in [-0.4, -0.2) is 12.6 Å². The molecule has 0 bridgehead atoms. The molecule has 88 valence electrons. The molecule has 0 aliphatic rings. The molecule has 1 atom stereocenters. The monoisotopic (exact) mass is 259 g/mol. The van der Waals surface area contributed by atoms with Gasteiger partial charge in [-0.25, -0.2) is 0 Å². The molecule has 0 spiro atoms. The third-order valence-corrected chi connectivity index (χ3v) is 2.54. The van der Waals surface area contributed by atoms with Crippen LogP contribution in [0.25, 0.3) is 0 Å². The molecule has 0 fully saturated rings. The van der Waals surface area contributed by atoms with Crippen LogP contribution in [-0.2, 0) is 6.42 Å². The second-order valence-electron chi connectivity index (χ2n) is 3.67. The van der Waals surface area contributed by atoms with Crippen LogP contribution in [0.5, 0.6) is 5.75 Å². The first kappa shape index (κ1) is 13.4. The Labute approximate surface area is 106 Å². The fourth-order valence-corrected chi connectivity index (χ4v) is 1.44. The Bertz CT molecular complexity index is 364. The lowest BCUT2D eigenvalue weighted by Crippen LogP contribution is -2.17. The van der Waals surface area contributed by atoms with Crippen LogP contribution in [0.15, 0.2) is 34.8 Å². The molecule has 0 saturated carbocycles. The average Bonchev–Trinajstić information content (AvgIpc) is 2.25. The summed E-state index contributed by atoms with van der Waals surface area (Å²) in [7, 11) is 0. The van der Waals surface area contributed by atoms with Crippen LogP contribution in [0.3, 0.4) is 0 Å². The van der Waals surface area contributed by atoms with Crippen molar-refractivity contribution in [2.75, 3.05) is 6.61 Å². The summed E-state index contributed by atoms with van der Waals surface area (Å²) in [6.45, 7) is 2.26. The maximum atomic E-state index is 5.73. The Morgan fingerprint density at radius 3 is 2.94 bits per heavy atom. The zero-order valence-electron chi connectivity index (χ0n) is 9.12. The van der Waals surface area contributed by atoms with Crippen molar-refractivity contribution in [3.05, 3.63) is 40.4 Å². The van der Waals surface area contributed by atoms with Crippen molar-refractivity contribution in [2.24, 2.45) is 5.73 Å². The van der Waals surface area contributed by atoms with Crippen molar-refractivity contribution in [1.82, 2.24) is 0 Å². The summed E-state index contributed by atoms with van der Waals surface area (Å²) >= 11 is 11.2. The van der Waals surface area contributed by atoms with E-state index in [0.29, 0.717) is 5.03 Å². The zero-order valence-corrected chi connectivity index (χ0v) is 10.6. The van der Waals surface area contributed by atoms with Gasteiger partial charge in [0.1, 0.15) is 12.4 Å². The minimum atomic E-state index is 0.140. The Morgan fingerprint density at radius 1 is 1.56 bits per heavy atom. The number of halogens is 2. The molecule has 0 aliphatic heterocycles. The first-order valence-corrected chi connectivity index (χ1v) is 5.85. The minimum Gasteiger partial charge on any atom is -0.488 e. The molecular weight excluding hydrogens is 245 g/mol. The van der Waals surface area contributed by atoms with Crippen molar-refractivity contribution in [2.45, 2.75) is 19.4 Å². The van der Waals surface area contributed by atoms with Gasteiger partial charge in [-0.2, -0.15) is 0 Å². The molecule has 0 saturated heterocycles. The fourth-order valence-electron chi connectivity index (χ4n) is 1.32. The quantitative estimate of drug-likeness (QED) is 0.881. The van der Waals surface area contributed by atoms with Crippen LogP contribution in [0.1, 0.15) is 12.5 Å². The molecule has 1 aromatic carbocycles. The van der Waals surface area contributed by atoms with Crippen molar-refractivity contribution >= 4 is 23.2 Å². The van der Waals surface area contributed by atoms with Crippen LogP contribution >= 0.6 is 23.2 Å². The molecule has 1 aromatic rings. The summed E-state index contributed by atoms with van der Waals surface area (Å²) in [6.07, 6.45) is 0.830. The highest BCUT2D eigenvalue weighted by atomic mass is 35.5. The molecular formula is C12H15Cl2NO. The van der Waals surface area contributed by atoms with Gasteiger partial charge >= 0.3 is 0 Å². The number of benzene rings is 1. The normalized spacial score (nSPS) is 13.6. The smallest absolute Gasteiger partial charge is 0.125 e. The van der Waals surface area contributed by atoms with Gasteiger partial charge < -0.3 is 10.5 Å². The summed E-state index contributed by atoms with van der Waals surface area (Å²) in [5, 5.41) is 0.472. The number of nitrogens with two attached hydrogens (primary N) is 1. The molecule has 4 heteroatoms. The number of ether oxygens (including phenoxy) is 1. The molecule has 2 N–H and O–H groups in total. The van der Waals surface area contributed by atoms with Gasteiger partial charge in [-0.3, -0.25) is 0 Å². The number of hydrogen-bond donors (Lipinski definition) is 1. The van der Waals surface area contributed by atoms with Gasteiger partial charge in [0, 0.05) is 11.6 Å². The van der Waals surface area contributed by atoms with Crippen molar-refractivity contribution in [3.8, 4) is 5.75 Å². The molecule has 2 nitrogen and oxygen atoms in total. The first-order chi connectivity index (χ1) is 7.61. The van der Waals surface area contributed by atoms with Gasteiger partial charge in [-0.1, -0.05) is 35.3 Å². The number of rotatable bonds is 5. The Balaban J connectivity index is 2.60. The predicted molar refractivity (Wildman–Crippen MR) is 69.1 cm³/mol. The van der Waals surface area contributed by atoms with Gasteiger partial charge in [0.25, 0.3) is 0 Å². The van der Waals surface area contributed by atoms with Crippen LogP contribution in [0.4, 0.5) is 0 Å². The van der Waals surface area contributed by atoms with E-state index in [0.717, 1.165) is 17.7 Å². The summed E-state index contributed by atoms with van der Waals surface area (Å²) in [5.74, 6) is 0.773. The highest BCUT2D eigenvalue weighted by molar-refractivity contribution is 6.36. The molecule has 0 amide bonds. The van der Waals surface area contributed by atoms with E-state index in [-0.39, 0.29) is 12.6 Å². The van der Waals surface area contributed by atoms with Gasteiger partial charge in [0.05, 0.1) is 5.03 Å². The molecule has 16 heavy (non-hydrogen) atoms. The first-order valence-electron chi connectivity index (χ1n) is 5.04. The highest BCUT2D eigenvalue weighted by Crippen LogP contribution is 2.16. The zero-order chi connectivity index (χ0) is 12.0. The van der Waals surface area contributed by atoms with E-state index in [4.69, 9.17) is 33.7 Å². The summed E-state index contributed by atoms with van der Waals surface area (Å²) < 4.78 is 5.46. The van der Waals surface area contributed by atoms with Crippen molar-refractivity contribution in [1.29, 1.82) is 0 Å². The molecule has 0 aliphatic carbocycles. The van der Waals surface area contributed by atoms with E-state index in [9.17, 15) is 0 Å². The van der Waals surface area contributed by atoms with E-state index in [1.807, 2.05) is 31.2 Å². The maximum absolute atomic E-state index is 5.73. The lowest BCUT2D eigenvalue weighted by molar-refractivity contribution is 0.359. The maximum Gasteiger partial charge on any atom is 0.125 e. The minimum absolute atomic E-state index is 0.140. The second kappa shape index (κ2) is 6.79. The van der Waals surface area contributed by atoms with Crippen LogP contribution in [0.2, 0.25) is 0 Å². The van der Waals surface area contributed by atoms with Gasteiger partial charge in [0.15, 0.2) is 0 Å². The standard InChI is InChI=1S/C12H15Cl2NO/c1-9(15)5-10-3-2-4-12(6-10)16-8-11(14)7-13/h2-4,6-7,9H,5,8,15H2,1H3. The number of hydrogen-bond acceptors (Lipinski definition) is 2. The third-order valence-electron chi connectivity index (χ3n) is 1.95. The largest absolute Gasteiger partial charge is 0.488 e. The molecule has 0 heterocycles. The Hall–Kier alpha value is -0.700. The lowest BCUT2D eigenvalue weighted by Gasteiger charge is -2.08. The Morgan fingerprint density at radius 2 is 2.31 bits per heavy atom. The predicted octanol–water partition coefficient (Wildman–Crippen LogP) is 3.27. The Kier molecular flexibility index (Phi) is 5.67.